The molecular formula is C23H26ClN3O. The van der Waals surface area contributed by atoms with E-state index in [1.165, 1.54) is 18.4 Å². The lowest BCUT2D eigenvalue weighted by Crippen LogP contribution is -2.36. The number of hydrogen-bond acceptors (Lipinski definition) is 3. The minimum Gasteiger partial charge on any atom is -0.493 e. The standard InChI is InChI=1S/C23H26ClN3O/c24-21-3-1-19(2-4-21)9-13-26-14-10-20(11-15-26)17-28-23-7-5-22(6-8-23)27-16-12-25-18-27/h1-8,12,16,18,20H,9-11,13-15,17H2. The maximum absolute atomic E-state index is 6.04. The number of nitrogens with zero attached hydrogens (tertiary/aromatic N) is 3. The lowest BCUT2D eigenvalue weighted by atomic mass is 9.97. The van der Waals surface area contributed by atoms with E-state index < -0.39 is 0 Å². The summed E-state index contributed by atoms with van der Waals surface area (Å²) in [4.78, 5) is 6.64. The van der Waals surface area contributed by atoms with Crippen LogP contribution < -0.4 is 4.74 Å². The van der Waals surface area contributed by atoms with Gasteiger partial charge in [-0.25, -0.2) is 4.98 Å². The van der Waals surface area contributed by atoms with Gasteiger partial charge in [-0.15, -0.1) is 0 Å². The van der Waals surface area contributed by atoms with Crippen LogP contribution >= 0.6 is 11.6 Å². The molecule has 1 aromatic heterocycles. The minimum absolute atomic E-state index is 0.639. The molecule has 2 aromatic carbocycles. The third-order valence-electron chi connectivity index (χ3n) is 5.46. The highest BCUT2D eigenvalue weighted by atomic mass is 35.5. The fraction of sp³-hybridized carbons (Fsp3) is 0.348. The van der Waals surface area contributed by atoms with Gasteiger partial charge >= 0.3 is 0 Å². The summed E-state index contributed by atoms with van der Waals surface area (Å²) < 4.78 is 8.03. The van der Waals surface area contributed by atoms with Gasteiger partial charge in [0.1, 0.15) is 5.75 Å². The normalized spacial score (nSPS) is 15.6. The first-order valence-corrected chi connectivity index (χ1v) is 10.3. The second-order valence-corrected chi connectivity index (χ2v) is 7.87. The molecule has 4 rings (SSSR count). The molecule has 4 nitrogen and oxygen atoms in total. The van der Waals surface area contributed by atoms with Crippen LogP contribution in [0.3, 0.4) is 0 Å². The number of likely N-dealkylation sites (tertiary alicyclic amines) is 1. The number of piperidine rings is 1. The summed E-state index contributed by atoms with van der Waals surface area (Å²) in [6.07, 6.45) is 9.02. The predicted octanol–water partition coefficient (Wildman–Crippen LogP) is 4.86. The molecule has 0 aliphatic carbocycles. The summed E-state index contributed by atoms with van der Waals surface area (Å²) in [6, 6.07) is 16.4. The topological polar surface area (TPSA) is 30.3 Å². The quantitative estimate of drug-likeness (QED) is 0.572. The van der Waals surface area contributed by atoms with Crippen LogP contribution in [0.25, 0.3) is 5.69 Å². The van der Waals surface area contributed by atoms with Gasteiger partial charge in [-0.1, -0.05) is 23.7 Å². The Kier molecular flexibility index (Phi) is 6.30. The molecule has 1 aliphatic heterocycles. The Bertz CT molecular complexity index is 839. The molecule has 0 N–H and O–H groups in total. The molecule has 0 saturated carbocycles. The molecule has 1 aliphatic rings. The van der Waals surface area contributed by atoms with Crippen LogP contribution in [0.15, 0.2) is 67.3 Å². The van der Waals surface area contributed by atoms with Crippen molar-refractivity contribution in [1.82, 2.24) is 14.5 Å². The lowest BCUT2D eigenvalue weighted by molar-refractivity contribution is 0.142. The Morgan fingerprint density at radius 2 is 1.75 bits per heavy atom. The molecule has 0 radical (unpaired) electrons. The fourth-order valence-electron chi connectivity index (χ4n) is 3.66. The molecule has 28 heavy (non-hydrogen) atoms. The third-order valence-corrected chi connectivity index (χ3v) is 5.71. The number of hydrogen-bond donors (Lipinski definition) is 0. The van der Waals surface area contributed by atoms with E-state index in [9.17, 15) is 0 Å². The third kappa shape index (κ3) is 5.15. The molecule has 5 heteroatoms. The van der Waals surface area contributed by atoms with E-state index in [1.807, 2.05) is 35.0 Å². The summed E-state index contributed by atoms with van der Waals surface area (Å²) in [5.41, 5.74) is 2.45. The Morgan fingerprint density at radius 1 is 1.00 bits per heavy atom. The van der Waals surface area contributed by atoms with Gasteiger partial charge < -0.3 is 14.2 Å². The van der Waals surface area contributed by atoms with Crippen molar-refractivity contribution in [3.05, 3.63) is 77.8 Å². The Hall–Kier alpha value is -2.30. The molecule has 1 saturated heterocycles. The molecule has 0 bridgehead atoms. The zero-order valence-corrected chi connectivity index (χ0v) is 16.8. The van der Waals surface area contributed by atoms with Crippen LogP contribution in [-0.4, -0.2) is 40.7 Å². The molecule has 3 aromatic rings. The second-order valence-electron chi connectivity index (χ2n) is 7.44. The smallest absolute Gasteiger partial charge is 0.119 e. The fourth-order valence-corrected chi connectivity index (χ4v) is 3.78. The molecule has 0 atom stereocenters. The van der Waals surface area contributed by atoms with Crippen LogP contribution in [0.2, 0.25) is 5.02 Å². The summed E-state index contributed by atoms with van der Waals surface area (Å²) in [5.74, 6) is 1.58. The van der Waals surface area contributed by atoms with E-state index in [0.717, 1.165) is 49.1 Å². The molecule has 2 heterocycles. The molecular weight excluding hydrogens is 370 g/mol. The molecule has 0 spiro atoms. The average molecular weight is 396 g/mol. The second kappa shape index (κ2) is 9.26. The Balaban J connectivity index is 1.18. The van der Waals surface area contributed by atoms with Gasteiger partial charge in [-0.2, -0.15) is 0 Å². The van der Waals surface area contributed by atoms with Gasteiger partial charge in [0, 0.05) is 29.6 Å². The first-order valence-electron chi connectivity index (χ1n) is 9.94. The average Bonchev–Trinajstić information content (AvgIpc) is 3.28. The minimum atomic E-state index is 0.639. The van der Waals surface area contributed by atoms with Crippen LogP contribution in [-0.2, 0) is 6.42 Å². The first kappa shape index (κ1) is 19.0. The molecule has 0 amide bonds. The monoisotopic (exact) mass is 395 g/mol. The van der Waals surface area contributed by atoms with E-state index >= 15 is 0 Å². The van der Waals surface area contributed by atoms with Gasteiger partial charge in [0.05, 0.1) is 12.9 Å². The number of aromatic nitrogens is 2. The maximum Gasteiger partial charge on any atom is 0.119 e. The van der Waals surface area contributed by atoms with E-state index in [4.69, 9.17) is 16.3 Å². The SMILES string of the molecule is Clc1ccc(CCN2CCC(COc3ccc(-n4ccnc4)cc3)CC2)cc1. The van der Waals surface area contributed by atoms with Crippen LogP contribution in [0.4, 0.5) is 0 Å². The number of halogens is 1. The van der Waals surface area contributed by atoms with E-state index in [1.54, 1.807) is 12.5 Å². The van der Waals surface area contributed by atoms with Crippen molar-refractivity contribution in [2.45, 2.75) is 19.3 Å². The van der Waals surface area contributed by atoms with Crippen molar-refractivity contribution in [2.24, 2.45) is 5.92 Å². The van der Waals surface area contributed by atoms with Gasteiger partial charge in [0.2, 0.25) is 0 Å². The van der Waals surface area contributed by atoms with E-state index in [0.29, 0.717) is 5.92 Å². The highest BCUT2D eigenvalue weighted by Gasteiger charge is 2.19. The highest BCUT2D eigenvalue weighted by molar-refractivity contribution is 6.30. The zero-order chi connectivity index (χ0) is 19.2. The zero-order valence-electron chi connectivity index (χ0n) is 16.0. The van der Waals surface area contributed by atoms with Crippen molar-refractivity contribution < 1.29 is 4.74 Å². The van der Waals surface area contributed by atoms with Gasteiger partial charge in [0.25, 0.3) is 0 Å². The summed E-state index contributed by atoms with van der Waals surface area (Å²) in [6.45, 7) is 4.22. The Morgan fingerprint density at radius 3 is 2.43 bits per heavy atom. The van der Waals surface area contributed by atoms with Crippen LogP contribution in [0.1, 0.15) is 18.4 Å². The van der Waals surface area contributed by atoms with E-state index in [-0.39, 0.29) is 0 Å². The summed E-state index contributed by atoms with van der Waals surface area (Å²) >= 11 is 5.96. The number of imidazole rings is 1. The maximum atomic E-state index is 6.04. The van der Waals surface area contributed by atoms with Gasteiger partial charge in [-0.3, -0.25) is 0 Å². The highest BCUT2D eigenvalue weighted by Crippen LogP contribution is 2.21. The van der Waals surface area contributed by atoms with Gasteiger partial charge in [0.15, 0.2) is 0 Å². The Labute approximate surface area is 171 Å². The lowest BCUT2D eigenvalue weighted by Gasteiger charge is -2.31. The predicted molar refractivity (Wildman–Crippen MR) is 113 cm³/mol. The number of benzene rings is 2. The molecule has 146 valence electrons. The molecule has 0 unspecified atom stereocenters. The van der Waals surface area contributed by atoms with Crippen molar-refractivity contribution >= 4 is 11.6 Å². The summed E-state index contributed by atoms with van der Waals surface area (Å²) in [5, 5.41) is 0.806. The van der Waals surface area contributed by atoms with Crippen LogP contribution in [0, 0.1) is 5.92 Å². The summed E-state index contributed by atoms with van der Waals surface area (Å²) in [7, 11) is 0. The van der Waals surface area contributed by atoms with Gasteiger partial charge in [-0.05, 0) is 80.2 Å². The van der Waals surface area contributed by atoms with Crippen LogP contribution in [0.5, 0.6) is 5.75 Å². The largest absolute Gasteiger partial charge is 0.493 e. The first-order chi connectivity index (χ1) is 13.8. The van der Waals surface area contributed by atoms with Crippen molar-refractivity contribution in [3.8, 4) is 11.4 Å². The van der Waals surface area contributed by atoms with E-state index in [2.05, 4.69) is 34.1 Å². The molecule has 1 fully saturated rings. The van der Waals surface area contributed by atoms with Crippen molar-refractivity contribution in [2.75, 3.05) is 26.2 Å². The van der Waals surface area contributed by atoms with Crippen molar-refractivity contribution in [1.29, 1.82) is 0 Å². The number of ether oxygens (including phenoxy) is 1. The van der Waals surface area contributed by atoms with Crippen molar-refractivity contribution in [3.63, 3.8) is 0 Å². The number of rotatable bonds is 7.